The number of Topliss-reactive ketones (excluding diaryl/α,β-unsaturated/α-hetero) is 1. The molecule has 162 valence electrons. The van der Waals surface area contributed by atoms with Gasteiger partial charge in [0.2, 0.25) is 5.91 Å². The fourth-order valence-electron chi connectivity index (χ4n) is 4.36. The monoisotopic (exact) mass is 429 g/mol. The zero-order chi connectivity index (χ0) is 22.2. The number of benzene rings is 2. The average Bonchev–Trinajstić information content (AvgIpc) is 2.73. The van der Waals surface area contributed by atoms with Crippen molar-refractivity contribution in [2.24, 2.45) is 0 Å². The fourth-order valence-corrected chi connectivity index (χ4v) is 4.36. The van der Waals surface area contributed by atoms with E-state index in [4.69, 9.17) is 4.74 Å². The lowest BCUT2D eigenvalue weighted by Gasteiger charge is -2.38. The number of halogens is 3. The number of allylic oxidation sites excluding steroid dienone is 2. The first-order valence-corrected chi connectivity index (χ1v) is 10.3. The molecule has 4 nitrogen and oxygen atoms in total. The summed E-state index contributed by atoms with van der Waals surface area (Å²) < 4.78 is 45.1. The van der Waals surface area contributed by atoms with Crippen molar-refractivity contribution in [3.8, 4) is 5.75 Å². The van der Waals surface area contributed by atoms with Crippen LogP contribution >= 0.6 is 0 Å². The highest BCUT2D eigenvalue weighted by Gasteiger charge is 2.40. The van der Waals surface area contributed by atoms with Crippen LogP contribution in [0.4, 0.5) is 18.9 Å². The van der Waals surface area contributed by atoms with Crippen molar-refractivity contribution in [1.82, 2.24) is 0 Å². The van der Waals surface area contributed by atoms with E-state index in [9.17, 15) is 22.8 Å². The van der Waals surface area contributed by atoms with Crippen molar-refractivity contribution in [1.29, 1.82) is 0 Å². The highest BCUT2D eigenvalue weighted by Crippen LogP contribution is 2.44. The molecule has 1 heterocycles. The number of amides is 1. The second-order valence-electron chi connectivity index (χ2n) is 7.67. The Morgan fingerprint density at radius 2 is 1.81 bits per heavy atom. The van der Waals surface area contributed by atoms with Crippen LogP contribution in [0.2, 0.25) is 0 Å². The summed E-state index contributed by atoms with van der Waals surface area (Å²) in [6.45, 7) is 2.41. The predicted octanol–water partition coefficient (Wildman–Crippen LogP) is 5.63. The summed E-state index contributed by atoms with van der Waals surface area (Å²) in [5.41, 5.74) is 1.20. The van der Waals surface area contributed by atoms with Crippen LogP contribution in [0.25, 0.3) is 0 Å². The molecule has 0 saturated carbocycles. The zero-order valence-corrected chi connectivity index (χ0v) is 17.0. The number of hydrogen-bond acceptors (Lipinski definition) is 3. The first-order chi connectivity index (χ1) is 14.8. The molecule has 1 atom stereocenters. The maximum atomic E-state index is 13.2. The first kappa shape index (κ1) is 21.2. The highest BCUT2D eigenvalue weighted by molar-refractivity contribution is 6.07. The number of rotatable bonds is 4. The summed E-state index contributed by atoms with van der Waals surface area (Å²) in [5, 5.41) is 0. The van der Waals surface area contributed by atoms with Gasteiger partial charge in [0.15, 0.2) is 5.78 Å². The maximum absolute atomic E-state index is 13.2. The Bertz CT molecular complexity index is 1040. The third-order valence-electron chi connectivity index (χ3n) is 5.70. The molecule has 31 heavy (non-hydrogen) atoms. The number of ketones is 1. The molecule has 0 radical (unpaired) electrons. The molecule has 0 fully saturated rings. The highest BCUT2D eigenvalue weighted by atomic mass is 19.4. The average molecular weight is 429 g/mol. The van der Waals surface area contributed by atoms with Crippen LogP contribution in [-0.4, -0.2) is 18.3 Å². The normalized spacial score (nSPS) is 19.5. The van der Waals surface area contributed by atoms with E-state index in [0.29, 0.717) is 42.9 Å². The van der Waals surface area contributed by atoms with Gasteiger partial charge in [0.1, 0.15) is 5.75 Å². The van der Waals surface area contributed by atoms with Crippen molar-refractivity contribution in [2.45, 2.75) is 44.7 Å². The number of carbonyl (C=O) groups is 2. The molecule has 0 aromatic heterocycles. The minimum absolute atomic E-state index is 0.0226. The van der Waals surface area contributed by atoms with Crippen molar-refractivity contribution < 1.29 is 27.5 Å². The van der Waals surface area contributed by atoms with Gasteiger partial charge in [0.05, 0.1) is 12.2 Å². The van der Waals surface area contributed by atoms with Gasteiger partial charge >= 0.3 is 6.18 Å². The van der Waals surface area contributed by atoms with Gasteiger partial charge in [0, 0.05) is 35.7 Å². The van der Waals surface area contributed by atoms with Crippen LogP contribution in [-0.2, 0) is 15.8 Å². The Labute approximate surface area is 178 Å². The maximum Gasteiger partial charge on any atom is 0.416 e. The molecule has 0 spiro atoms. The lowest BCUT2D eigenvalue weighted by Crippen LogP contribution is -2.40. The molecule has 4 rings (SSSR count). The van der Waals surface area contributed by atoms with E-state index < -0.39 is 17.7 Å². The van der Waals surface area contributed by atoms with E-state index in [2.05, 4.69) is 0 Å². The quantitative estimate of drug-likeness (QED) is 0.633. The van der Waals surface area contributed by atoms with Crippen LogP contribution in [0.1, 0.15) is 49.7 Å². The molecular weight excluding hydrogens is 407 g/mol. The van der Waals surface area contributed by atoms with E-state index >= 15 is 0 Å². The lowest BCUT2D eigenvalue weighted by molar-refractivity contribution is -0.137. The standard InChI is InChI=1S/C24H22F3NO3/c1-2-31-18-11-9-15(10-12-18)19-14-22(30)28(20-7-4-8-21(29)23(19)20)17-6-3-5-16(13-17)24(25,26)27/h3,5-6,9-13,19H,2,4,7-8,14H2,1H3. The molecule has 2 aliphatic rings. The van der Waals surface area contributed by atoms with Crippen LogP contribution < -0.4 is 9.64 Å². The van der Waals surface area contributed by atoms with E-state index in [-0.39, 0.29) is 23.8 Å². The molecule has 7 heteroatoms. The van der Waals surface area contributed by atoms with Gasteiger partial charge < -0.3 is 4.74 Å². The van der Waals surface area contributed by atoms with Crippen LogP contribution in [0.5, 0.6) is 5.75 Å². The summed E-state index contributed by atoms with van der Waals surface area (Å²) in [6.07, 6.45) is -3.09. The Hall–Kier alpha value is -3.09. The van der Waals surface area contributed by atoms with Gasteiger partial charge in [-0.1, -0.05) is 18.2 Å². The fraction of sp³-hybridized carbons (Fsp3) is 0.333. The van der Waals surface area contributed by atoms with E-state index in [1.165, 1.54) is 17.0 Å². The van der Waals surface area contributed by atoms with Gasteiger partial charge in [-0.05, 0) is 55.7 Å². The molecule has 1 amide bonds. The topological polar surface area (TPSA) is 46.6 Å². The number of carbonyl (C=O) groups excluding carboxylic acids is 2. The number of ether oxygens (including phenoxy) is 1. The van der Waals surface area contributed by atoms with Crippen LogP contribution in [0.15, 0.2) is 59.8 Å². The Morgan fingerprint density at radius 1 is 1.06 bits per heavy atom. The molecule has 0 saturated heterocycles. The summed E-state index contributed by atoms with van der Waals surface area (Å²) in [7, 11) is 0. The minimum Gasteiger partial charge on any atom is -0.494 e. The first-order valence-electron chi connectivity index (χ1n) is 10.3. The SMILES string of the molecule is CCOc1ccc(C2CC(=O)N(c3cccc(C(F)(F)F)c3)C3=C2C(=O)CCC3)cc1. The molecular formula is C24H22F3NO3. The van der Waals surface area contributed by atoms with Crippen molar-refractivity contribution in [2.75, 3.05) is 11.5 Å². The molecule has 0 N–H and O–H groups in total. The molecule has 1 aliphatic carbocycles. The third kappa shape index (κ3) is 4.09. The van der Waals surface area contributed by atoms with Gasteiger partial charge in [-0.15, -0.1) is 0 Å². The molecule has 1 unspecified atom stereocenters. The van der Waals surface area contributed by atoms with E-state index in [1.54, 1.807) is 12.1 Å². The number of nitrogens with zero attached hydrogens (tertiary/aromatic N) is 1. The minimum atomic E-state index is -4.51. The summed E-state index contributed by atoms with van der Waals surface area (Å²) in [5.74, 6) is -0.0764. The molecule has 2 aromatic carbocycles. The van der Waals surface area contributed by atoms with Crippen molar-refractivity contribution in [3.63, 3.8) is 0 Å². The van der Waals surface area contributed by atoms with Crippen LogP contribution in [0.3, 0.4) is 0 Å². The Balaban J connectivity index is 1.78. The molecule has 1 aliphatic heterocycles. The largest absolute Gasteiger partial charge is 0.494 e. The summed E-state index contributed by atoms with van der Waals surface area (Å²) in [6, 6.07) is 12.0. The summed E-state index contributed by atoms with van der Waals surface area (Å²) in [4.78, 5) is 27.3. The Morgan fingerprint density at radius 3 is 2.48 bits per heavy atom. The third-order valence-corrected chi connectivity index (χ3v) is 5.70. The van der Waals surface area contributed by atoms with Crippen molar-refractivity contribution in [3.05, 3.63) is 70.9 Å². The lowest BCUT2D eigenvalue weighted by atomic mass is 9.77. The molecule has 2 aromatic rings. The smallest absolute Gasteiger partial charge is 0.416 e. The van der Waals surface area contributed by atoms with Gasteiger partial charge in [-0.2, -0.15) is 13.2 Å². The second kappa shape index (κ2) is 8.21. The van der Waals surface area contributed by atoms with Gasteiger partial charge in [-0.25, -0.2) is 0 Å². The summed E-state index contributed by atoms with van der Waals surface area (Å²) >= 11 is 0. The Kier molecular flexibility index (Phi) is 5.60. The van der Waals surface area contributed by atoms with E-state index in [1.807, 2.05) is 19.1 Å². The van der Waals surface area contributed by atoms with Crippen molar-refractivity contribution >= 4 is 17.4 Å². The predicted molar refractivity (Wildman–Crippen MR) is 110 cm³/mol. The van der Waals surface area contributed by atoms with Gasteiger partial charge in [-0.3, -0.25) is 14.5 Å². The molecule has 0 bridgehead atoms. The zero-order valence-electron chi connectivity index (χ0n) is 17.0. The van der Waals surface area contributed by atoms with Gasteiger partial charge in [0.25, 0.3) is 0 Å². The number of hydrogen-bond donors (Lipinski definition) is 0. The number of alkyl halides is 3. The second-order valence-corrected chi connectivity index (χ2v) is 7.67. The number of anilines is 1. The van der Waals surface area contributed by atoms with Crippen LogP contribution in [0, 0.1) is 0 Å². The van der Waals surface area contributed by atoms with E-state index in [0.717, 1.165) is 17.7 Å².